The van der Waals surface area contributed by atoms with E-state index in [4.69, 9.17) is 0 Å². The van der Waals surface area contributed by atoms with Crippen molar-refractivity contribution in [3.8, 4) is 5.75 Å². The summed E-state index contributed by atoms with van der Waals surface area (Å²) in [4.78, 5) is 42.3. The van der Waals surface area contributed by atoms with Crippen LogP contribution in [0.25, 0.3) is 0 Å². The van der Waals surface area contributed by atoms with Gasteiger partial charge in [-0.1, -0.05) is 60.7 Å². The molecule has 1 heterocycles. The number of fused-ring (bicyclic) bond motifs is 2. The van der Waals surface area contributed by atoms with Crippen molar-refractivity contribution >= 4 is 23.2 Å². The van der Waals surface area contributed by atoms with Crippen molar-refractivity contribution < 1.29 is 24.6 Å². The predicted octanol–water partition coefficient (Wildman–Crippen LogP) is 2.66. The number of rotatable bonds is 3. The Bertz CT molecular complexity index is 1250. The van der Waals surface area contributed by atoms with Crippen LogP contribution in [0.2, 0.25) is 0 Å². The van der Waals surface area contributed by atoms with E-state index in [0.29, 0.717) is 16.8 Å². The lowest BCUT2D eigenvalue weighted by atomic mass is 9.62. The number of amides is 1. The molecule has 154 valence electrons. The van der Waals surface area contributed by atoms with Gasteiger partial charge in [-0.3, -0.25) is 14.4 Å². The number of ketones is 2. The highest BCUT2D eigenvalue weighted by Crippen LogP contribution is 2.54. The highest BCUT2D eigenvalue weighted by atomic mass is 16.3. The van der Waals surface area contributed by atoms with Gasteiger partial charge in [0.1, 0.15) is 11.2 Å². The third-order valence-electron chi connectivity index (χ3n) is 6.53. The first-order valence-electron chi connectivity index (χ1n) is 9.89. The van der Waals surface area contributed by atoms with Crippen LogP contribution in [0.4, 0.5) is 5.69 Å². The third-order valence-corrected chi connectivity index (χ3v) is 6.53. The van der Waals surface area contributed by atoms with Gasteiger partial charge < -0.3 is 15.1 Å². The highest BCUT2D eigenvalue weighted by molar-refractivity contribution is 6.36. The fourth-order valence-electron chi connectivity index (χ4n) is 4.99. The van der Waals surface area contributed by atoms with Gasteiger partial charge >= 0.3 is 0 Å². The summed E-state index contributed by atoms with van der Waals surface area (Å²) in [5.74, 6) is -2.27. The second kappa shape index (κ2) is 6.36. The minimum absolute atomic E-state index is 0.0827. The molecule has 1 aliphatic heterocycles. The van der Waals surface area contributed by atoms with E-state index in [-0.39, 0.29) is 23.3 Å². The Morgan fingerprint density at radius 1 is 0.806 bits per heavy atom. The van der Waals surface area contributed by atoms with Crippen molar-refractivity contribution in [2.45, 2.75) is 17.4 Å². The lowest BCUT2D eigenvalue weighted by molar-refractivity contribution is -0.129. The first kappa shape index (κ1) is 19.2. The second-order valence-electron chi connectivity index (χ2n) is 8.01. The number of benzene rings is 3. The lowest BCUT2D eigenvalue weighted by Gasteiger charge is -2.39. The second-order valence-corrected chi connectivity index (χ2v) is 8.01. The average Bonchev–Trinajstić information content (AvgIpc) is 3.13. The molecular weight excluding hydrogens is 394 g/mol. The number of hydrogen-bond donors (Lipinski definition) is 2. The quantitative estimate of drug-likeness (QED) is 0.644. The first-order valence-corrected chi connectivity index (χ1v) is 9.89. The maximum atomic E-state index is 13.8. The Kier molecular flexibility index (Phi) is 3.94. The molecule has 5 rings (SSSR count). The predicted molar refractivity (Wildman–Crippen MR) is 113 cm³/mol. The first-order chi connectivity index (χ1) is 14.8. The zero-order valence-corrected chi connectivity index (χ0v) is 16.7. The van der Waals surface area contributed by atoms with E-state index in [9.17, 15) is 24.6 Å². The van der Waals surface area contributed by atoms with Gasteiger partial charge in [0.2, 0.25) is 23.1 Å². The molecule has 2 N–H and O–H groups in total. The van der Waals surface area contributed by atoms with Crippen LogP contribution in [0.15, 0.2) is 72.8 Å². The van der Waals surface area contributed by atoms with Gasteiger partial charge in [-0.15, -0.1) is 0 Å². The van der Waals surface area contributed by atoms with Crippen LogP contribution in [0.3, 0.4) is 0 Å². The molecule has 6 nitrogen and oxygen atoms in total. The number of anilines is 1. The fourth-order valence-corrected chi connectivity index (χ4v) is 4.99. The molecule has 3 aromatic carbocycles. The Morgan fingerprint density at radius 2 is 1.35 bits per heavy atom. The number of carbonyl (C=O) groups excluding carboxylic acids is 3. The van der Waals surface area contributed by atoms with Crippen LogP contribution >= 0.6 is 0 Å². The Labute approximate surface area is 178 Å². The van der Waals surface area contributed by atoms with Gasteiger partial charge in [0.15, 0.2) is 0 Å². The maximum Gasteiger partial charge on any atom is 0.241 e. The van der Waals surface area contributed by atoms with Crippen molar-refractivity contribution in [1.82, 2.24) is 0 Å². The SMILES string of the molecule is CN1C(=O)C(Cc2ccccc2O)(C2(O)C(=O)c3ccccc3C2=O)c2ccccc21. The number of aliphatic hydroxyl groups is 1. The van der Waals surface area contributed by atoms with E-state index in [1.165, 1.54) is 23.1 Å². The molecule has 1 aliphatic carbocycles. The Balaban J connectivity index is 1.84. The van der Waals surface area contributed by atoms with Crippen LogP contribution in [-0.4, -0.2) is 40.3 Å². The molecule has 0 fully saturated rings. The topological polar surface area (TPSA) is 94.9 Å². The van der Waals surface area contributed by atoms with Crippen LogP contribution < -0.4 is 4.90 Å². The summed E-state index contributed by atoms with van der Waals surface area (Å²) < 4.78 is 0. The normalized spacial score (nSPS) is 21.4. The maximum absolute atomic E-state index is 13.8. The van der Waals surface area contributed by atoms with Gasteiger partial charge in [0.05, 0.1) is 0 Å². The van der Waals surface area contributed by atoms with Crippen molar-refractivity contribution in [3.05, 3.63) is 95.1 Å². The number of Topliss-reactive ketones (excluding diaryl/α,β-unsaturated/α-hetero) is 2. The van der Waals surface area contributed by atoms with Crippen molar-refractivity contribution in [2.75, 3.05) is 11.9 Å². The zero-order chi connectivity index (χ0) is 22.0. The minimum atomic E-state index is -2.64. The van der Waals surface area contributed by atoms with Gasteiger partial charge in [-0.25, -0.2) is 0 Å². The Morgan fingerprint density at radius 3 is 2.00 bits per heavy atom. The molecule has 1 atom stereocenters. The lowest BCUT2D eigenvalue weighted by Crippen LogP contribution is -2.64. The molecule has 6 heteroatoms. The number of likely N-dealkylation sites (N-methyl/N-ethyl adjacent to an activating group) is 1. The molecular formula is C25H19NO5. The molecule has 0 aromatic heterocycles. The molecule has 1 unspecified atom stereocenters. The smallest absolute Gasteiger partial charge is 0.241 e. The van der Waals surface area contributed by atoms with Crippen molar-refractivity contribution in [2.24, 2.45) is 0 Å². The molecule has 1 amide bonds. The number of para-hydroxylation sites is 2. The van der Waals surface area contributed by atoms with Crippen LogP contribution in [0, 0.1) is 0 Å². The van der Waals surface area contributed by atoms with Crippen LogP contribution in [-0.2, 0) is 16.6 Å². The molecule has 3 aromatic rings. The van der Waals surface area contributed by atoms with Crippen LogP contribution in [0.5, 0.6) is 5.75 Å². The summed E-state index contributed by atoms with van der Waals surface area (Å²) >= 11 is 0. The number of phenols is 1. The molecule has 2 aliphatic rings. The molecule has 0 saturated heterocycles. The summed E-state index contributed by atoms with van der Waals surface area (Å²) in [6.45, 7) is 0. The van der Waals surface area contributed by atoms with E-state index >= 15 is 0 Å². The monoisotopic (exact) mass is 413 g/mol. The highest BCUT2D eigenvalue weighted by Gasteiger charge is 2.71. The number of hydrogen-bond acceptors (Lipinski definition) is 5. The van der Waals surface area contributed by atoms with E-state index in [2.05, 4.69) is 0 Å². The van der Waals surface area contributed by atoms with E-state index in [1.54, 1.807) is 61.6 Å². The molecule has 0 radical (unpaired) electrons. The number of aromatic hydroxyl groups is 1. The fraction of sp³-hybridized carbons (Fsp3) is 0.160. The summed E-state index contributed by atoms with van der Waals surface area (Å²) in [5.41, 5.74) is -3.15. The number of nitrogens with zero attached hydrogens (tertiary/aromatic N) is 1. The summed E-state index contributed by atoms with van der Waals surface area (Å²) in [5, 5.41) is 22.4. The summed E-state index contributed by atoms with van der Waals surface area (Å²) in [7, 11) is 1.55. The van der Waals surface area contributed by atoms with Gasteiger partial charge in [0, 0.05) is 23.9 Å². The zero-order valence-electron chi connectivity index (χ0n) is 16.7. The molecule has 0 spiro atoms. The average molecular weight is 413 g/mol. The van der Waals surface area contributed by atoms with Gasteiger partial charge in [0.25, 0.3) is 0 Å². The van der Waals surface area contributed by atoms with Gasteiger partial charge in [-0.05, 0) is 29.7 Å². The summed E-state index contributed by atoms with van der Waals surface area (Å²) in [6.07, 6.45) is -0.220. The molecule has 0 bridgehead atoms. The van der Waals surface area contributed by atoms with E-state index in [1.807, 2.05) is 0 Å². The van der Waals surface area contributed by atoms with Crippen LogP contribution in [0.1, 0.15) is 31.8 Å². The summed E-state index contributed by atoms with van der Waals surface area (Å²) in [6, 6.07) is 19.4. The van der Waals surface area contributed by atoms with Crippen molar-refractivity contribution in [3.63, 3.8) is 0 Å². The minimum Gasteiger partial charge on any atom is -0.508 e. The molecule has 0 saturated carbocycles. The third kappa shape index (κ3) is 2.22. The van der Waals surface area contributed by atoms with Gasteiger partial charge in [-0.2, -0.15) is 0 Å². The number of carbonyl (C=O) groups is 3. The van der Waals surface area contributed by atoms with E-state index < -0.39 is 28.5 Å². The number of phenolic OH excluding ortho intramolecular Hbond substituents is 1. The molecule has 31 heavy (non-hydrogen) atoms. The largest absolute Gasteiger partial charge is 0.508 e. The standard InChI is InChI=1S/C25H19NO5/c1-26-19-12-6-5-11-18(19)24(23(26)30,14-15-8-2-7-13-20(15)27)25(31)21(28)16-9-3-4-10-17(16)22(25)29/h2-13,27,31H,14H2,1H3. The Hall–Kier alpha value is -3.77. The van der Waals surface area contributed by atoms with Crippen molar-refractivity contribution in [1.29, 1.82) is 0 Å². The van der Waals surface area contributed by atoms with E-state index in [0.717, 1.165) is 0 Å².